The molecule has 19 heavy (non-hydrogen) atoms. The zero-order valence-corrected chi connectivity index (χ0v) is 10.6. The number of carbonyl (C=O) groups excluding carboxylic acids is 1. The van der Waals surface area contributed by atoms with E-state index in [1.807, 2.05) is 0 Å². The van der Waals surface area contributed by atoms with Gasteiger partial charge in [0.1, 0.15) is 11.6 Å². The van der Waals surface area contributed by atoms with E-state index in [0.29, 0.717) is 11.5 Å². The summed E-state index contributed by atoms with van der Waals surface area (Å²) in [6, 6.07) is 9.14. The minimum atomic E-state index is -0.422. The van der Waals surface area contributed by atoms with Gasteiger partial charge < -0.3 is 4.42 Å². The Morgan fingerprint density at radius 2 is 1.89 bits per heavy atom. The van der Waals surface area contributed by atoms with E-state index in [2.05, 4.69) is 10.5 Å². The Bertz CT molecular complexity index is 615. The van der Waals surface area contributed by atoms with Gasteiger partial charge in [0.25, 0.3) is 0 Å². The molecular formula is C14H13FN2O2. The van der Waals surface area contributed by atoms with Gasteiger partial charge in [-0.1, -0.05) is 12.1 Å². The van der Waals surface area contributed by atoms with Gasteiger partial charge in [-0.2, -0.15) is 5.10 Å². The molecular weight excluding hydrogens is 247 g/mol. The third kappa shape index (κ3) is 3.28. The molecule has 1 N–H and O–H groups in total. The van der Waals surface area contributed by atoms with Gasteiger partial charge in [0.05, 0.1) is 5.71 Å². The minimum absolute atomic E-state index is 0.202. The number of hydrazone groups is 1. The molecule has 1 aromatic heterocycles. The molecule has 0 radical (unpaired) electrons. The van der Waals surface area contributed by atoms with E-state index < -0.39 is 5.91 Å². The molecule has 0 unspecified atom stereocenters. The summed E-state index contributed by atoms with van der Waals surface area (Å²) >= 11 is 0. The second-order valence-corrected chi connectivity index (χ2v) is 4.06. The number of halogens is 1. The van der Waals surface area contributed by atoms with E-state index in [1.165, 1.54) is 12.1 Å². The van der Waals surface area contributed by atoms with Crippen molar-refractivity contribution in [1.82, 2.24) is 5.43 Å². The standard InChI is InChI=1S/C14H13FN2O2/c1-9-3-8-13(19-9)14(18)17-16-10(2)11-4-6-12(15)7-5-11/h3-8H,1-2H3,(H,17,18)/b16-10+. The molecule has 0 saturated heterocycles. The first kappa shape index (κ1) is 13.0. The minimum Gasteiger partial charge on any atom is -0.456 e. The van der Waals surface area contributed by atoms with Gasteiger partial charge in [0.2, 0.25) is 0 Å². The summed E-state index contributed by atoms with van der Waals surface area (Å²) in [4.78, 5) is 11.7. The smallest absolute Gasteiger partial charge is 0.307 e. The average Bonchev–Trinajstić information content (AvgIpc) is 2.83. The molecule has 0 aliphatic heterocycles. The number of benzene rings is 1. The zero-order valence-electron chi connectivity index (χ0n) is 10.6. The molecule has 1 aromatic carbocycles. The lowest BCUT2D eigenvalue weighted by Gasteiger charge is -2.01. The lowest BCUT2D eigenvalue weighted by atomic mass is 10.1. The van der Waals surface area contributed by atoms with Crippen LogP contribution in [0.4, 0.5) is 4.39 Å². The fraction of sp³-hybridized carbons (Fsp3) is 0.143. The van der Waals surface area contributed by atoms with Crippen molar-refractivity contribution >= 4 is 11.6 Å². The molecule has 0 fully saturated rings. The van der Waals surface area contributed by atoms with Crippen LogP contribution in [0.3, 0.4) is 0 Å². The average molecular weight is 260 g/mol. The second-order valence-electron chi connectivity index (χ2n) is 4.06. The predicted octanol–water partition coefficient (Wildman–Crippen LogP) is 2.88. The van der Waals surface area contributed by atoms with Gasteiger partial charge in [0.15, 0.2) is 5.76 Å². The van der Waals surface area contributed by atoms with E-state index in [0.717, 1.165) is 5.56 Å². The number of aryl methyl sites for hydroxylation is 1. The van der Waals surface area contributed by atoms with E-state index in [1.54, 1.807) is 38.1 Å². The first-order chi connectivity index (χ1) is 9.06. The topological polar surface area (TPSA) is 54.6 Å². The molecule has 0 aliphatic carbocycles. The number of carbonyl (C=O) groups is 1. The van der Waals surface area contributed by atoms with E-state index in [9.17, 15) is 9.18 Å². The normalized spacial score (nSPS) is 11.4. The van der Waals surface area contributed by atoms with Crippen molar-refractivity contribution in [3.63, 3.8) is 0 Å². The highest BCUT2D eigenvalue weighted by Gasteiger charge is 2.08. The van der Waals surface area contributed by atoms with Crippen LogP contribution in [0.15, 0.2) is 45.9 Å². The lowest BCUT2D eigenvalue weighted by molar-refractivity contribution is 0.0926. The van der Waals surface area contributed by atoms with Crippen molar-refractivity contribution in [3.05, 3.63) is 59.3 Å². The molecule has 2 rings (SSSR count). The lowest BCUT2D eigenvalue weighted by Crippen LogP contribution is -2.18. The maximum atomic E-state index is 12.8. The van der Waals surface area contributed by atoms with Gasteiger partial charge in [-0.25, -0.2) is 9.82 Å². The summed E-state index contributed by atoms with van der Waals surface area (Å²) in [5, 5.41) is 3.94. The molecule has 1 heterocycles. The van der Waals surface area contributed by atoms with Gasteiger partial charge in [-0.3, -0.25) is 4.79 Å². The van der Waals surface area contributed by atoms with Crippen molar-refractivity contribution in [2.45, 2.75) is 13.8 Å². The monoisotopic (exact) mass is 260 g/mol. The third-order valence-corrected chi connectivity index (χ3v) is 2.55. The van der Waals surface area contributed by atoms with Crippen LogP contribution < -0.4 is 5.43 Å². The van der Waals surface area contributed by atoms with Gasteiger partial charge in [-0.05, 0) is 43.7 Å². The van der Waals surface area contributed by atoms with Crippen LogP contribution in [0.5, 0.6) is 0 Å². The molecule has 1 amide bonds. The van der Waals surface area contributed by atoms with Crippen molar-refractivity contribution in [3.8, 4) is 0 Å². The SMILES string of the molecule is C/C(=N\NC(=O)c1ccc(C)o1)c1ccc(F)cc1. The van der Waals surface area contributed by atoms with Crippen LogP contribution in [0.2, 0.25) is 0 Å². The molecule has 0 saturated carbocycles. The number of nitrogens with one attached hydrogen (secondary N) is 1. The van der Waals surface area contributed by atoms with E-state index >= 15 is 0 Å². The van der Waals surface area contributed by atoms with Crippen molar-refractivity contribution in [1.29, 1.82) is 0 Å². The Kier molecular flexibility index (Phi) is 3.75. The van der Waals surface area contributed by atoms with Crippen molar-refractivity contribution in [2.24, 2.45) is 5.10 Å². The molecule has 0 atom stereocenters. The summed E-state index contributed by atoms with van der Waals surface area (Å²) in [5.41, 5.74) is 3.70. The maximum Gasteiger partial charge on any atom is 0.307 e. The summed E-state index contributed by atoms with van der Waals surface area (Å²) in [6.45, 7) is 3.48. The van der Waals surface area contributed by atoms with Crippen LogP contribution in [-0.4, -0.2) is 11.6 Å². The highest BCUT2D eigenvalue weighted by Crippen LogP contribution is 2.06. The Labute approximate surface area is 109 Å². The molecule has 98 valence electrons. The summed E-state index contributed by atoms with van der Waals surface area (Å²) < 4.78 is 17.9. The molecule has 0 aliphatic rings. The summed E-state index contributed by atoms with van der Waals surface area (Å²) in [5.74, 6) is 0.124. The quantitative estimate of drug-likeness (QED) is 0.681. The van der Waals surface area contributed by atoms with Crippen LogP contribution in [-0.2, 0) is 0 Å². The number of rotatable bonds is 3. The van der Waals surface area contributed by atoms with Gasteiger partial charge >= 0.3 is 5.91 Å². The van der Waals surface area contributed by atoms with Gasteiger partial charge in [-0.15, -0.1) is 0 Å². The first-order valence-corrected chi connectivity index (χ1v) is 5.73. The number of nitrogens with zero attached hydrogens (tertiary/aromatic N) is 1. The fourth-order valence-corrected chi connectivity index (χ4v) is 1.50. The number of hydrogen-bond acceptors (Lipinski definition) is 3. The second kappa shape index (κ2) is 5.48. The zero-order chi connectivity index (χ0) is 13.8. The molecule has 0 spiro atoms. The molecule has 5 heteroatoms. The van der Waals surface area contributed by atoms with E-state index in [4.69, 9.17) is 4.42 Å². The third-order valence-electron chi connectivity index (χ3n) is 2.55. The number of hydrogen-bond donors (Lipinski definition) is 1. The molecule has 2 aromatic rings. The summed E-state index contributed by atoms with van der Waals surface area (Å²) in [6.07, 6.45) is 0. The van der Waals surface area contributed by atoms with Crippen LogP contribution in [0, 0.1) is 12.7 Å². The Balaban J connectivity index is 2.06. The first-order valence-electron chi connectivity index (χ1n) is 5.73. The maximum absolute atomic E-state index is 12.8. The van der Waals surface area contributed by atoms with Crippen molar-refractivity contribution in [2.75, 3.05) is 0 Å². The number of furan rings is 1. The summed E-state index contributed by atoms with van der Waals surface area (Å²) in [7, 11) is 0. The van der Waals surface area contributed by atoms with Crippen LogP contribution in [0.1, 0.15) is 28.8 Å². The number of amides is 1. The van der Waals surface area contributed by atoms with Crippen LogP contribution in [0.25, 0.3) is 0 Å². The Hall–Kier alpha value is -2.43. The molecule has 4 nitrogen and oxygen atoms in total. The molecule has 0 bridgehead atoms. The van der Waals surface area contributed by atoms with E-state index in [-0.39, 0.29) is 11.6 Å². The highest BCUT2D eigenvalue weighted by atomic mass is 19.1. The van der Waals surface area contributed by atoms with Crippen LogP contribution >= 0.6 is 0 Å². The van der Waals surface area contributed by atoms with Gasteiger partial charge in [0, 0.05) is 0 Å². The highest BCUT2D eigenvalue weighted by molar-refractivity contribution is 6.00. The fourth-order valence-electron chi connectivity index (χ4n) is 1.50. The Morgan fingerprint density at radius 1 is 1.21 bits per heavy atom. The Morgan fingerprint density at radius 3 is 2.47 bits per heavy atom. The van der Waals surface area contributed by atoms with Crippen molar-refractivity contribution < 1.29 is 13.6 Å². The predicted molar refractivity (Wildman–Crippen MR) is 69.5 cm³/mol. The largest absolute Gasteiger partial charge is 0.456 e.